The van der Waals surface area contributed by atoms with Gasteiger partial charge in [0.25, 0.3) is 0 Å². The Balaban J connectivity index is 1.42. The van der Waals surface area contributed by atoms with Gasteiger partial charge in [-0.2, -0.15) is 0 Å². The maximum absolute atomic E-state index is 12.8. The summed E-state index contributed by atoms with van der Waals surface area (Å²) >= 11 is 0. The Morgan fingerprint density at radius 1 is 1.20 bits per heavy atom. The molecule has 0 unspecified atom stereocenters. The highest BCUT2D eigenvalue weighted by atomic mass is 16.2. The Morgan fingerprint density at radius 2 is 2.04 bits per heavy atom. The van der Waals surface area contributed by atoms with Crippen molar-refractivity contribution in [1.29, 1.82) is 0 Å². The van der Waals surface area contributed by atoms with E-state index in [1.54, 1.807) is 0 Å². The smallest absolute Gasteiger partial charge is 0.225 e. The summed E-state index contributed by atoms with van der Waals surface area (Å²) in [6, 6.07) is 8.45. The van der Waals surface area contributed by atoms with Gasteiger partial charge in [0.2, 0.25) is 11.9 Å². The number of hydrogen-bond acceptors (Lipinski definition) is 3. The summed E-state index contributed by atoms with van der Waals surface area (Å²) < 4.78 is 0. The SMILES string of the molecule is C[C@@H]1CCCC[C@H]1NC(=O)[C@H]1CCCN(c2nc3ccccc3[nH]2)C1. The minimum Gasteiger partial charge on any atom is -0.353 e. The zero-order valence-corrected chi connectivity index (χ0v) is 15.0. The fraction of sp³-hybridized carbons (Fsp3) is 0.600. The van der Waals surface area contributed by atoms with Crippen LogP contribution in [-0.2, 0) is 4.79 Å². The van der Waals surface area contributed by atoms with Gasteiger partial charge in [-0.15, -0.1) is 0 Å². The summed E-state index contributed by atoms with van der Waals surface area (Å²) in [4.78, 5) is 23.1. The molecule has 0 radical (unpaired) electrons. The van der Waals surface area contributed by atoms with Gasteiger partial charge in [0.05, 0.1) is 17.0 Å². The van der Waals surface area contributed by atoms with E-state index < -0.39 is 0 Å². The number of imidazole rings is 1. The van der Waals surface area contributed by atoms with Crippen LogP contribution in [0.3, 0.4) is 0 Å². The number of aromatic amines is 1. The maximum Gasteiger partial charge on any atom is 0.225 e. The van der Waals surface area contributed by atoms with Gasteiger partial charge in [-0.25, -0.2) is 4.98 Å². The molecule has 5 nitrogen and oxygen atoms in total. The van der Waals surface area contributed by atoms with Crippen LogP contribution in [0.25, 0.3) is 11.0 Å². The molecule has 2 aromatic rings. The zero-order valence-electron chi connectivity index (χ0n) is 15.0. The van der Waals surface area contributed by atoms with E-state index in [-0.39, 0.29) is 11.8 Å². The fourth-order valence-electron chi connectivity index (χ4n) is 4.30. The van der Waals surface area contributed by atoms with Crippen LogP contribution in [0.4, 0.5) is 5.95 Å². The summed E-state index contributed by atoms with van der Waals surface area (Å²) in [7, 11) is 0. The monoisotopic (exact) mass is 340 g/mol. The predicted octanol–water partition coefficient (Wildman–Crippen LogP) is 3.47. The molecule has 134 valence electrons. The molecular formula is C20H28N4O. The summed E-state index contributed by atoms with van der Waals surface area (Å²) in [6.07, 6.45) is 6.93. The van der Waals surface area contributed by atoms with E-state index in [0.29, 0.717) is 12.0 Å². The van der Waals surface area contributed by atoms with Crippen molar-refractivity contribution in [3.8, 4) is 0 Å². The molecular weight excluding hydrogens is 312 g/mol. The quantitative estimate of drug-likeness (QED) is 0.899. The number of fused-ring (bicyclic) bond motifs is 1. The van der Waals surface area contributed by atoms with E-state index in [2.05, 4.69) is 22.1 Å². The first-order valence-electron chi connectivity index (χ1n) is 9.71. The lowest BCUT2D eigenvalue weighted by atomic mass is 9.85. The number of H-pyrrole nitrogens is 1. The summed E-state index contributed by atoms with van der Waals surface area (Å²) in [5.74, 6) is 1.80. The number of rotatable bonds is 3. The number of hydrogen-bond donors (Lipinski definition) is 2. The van der Waals surface area contributed by atoms with Gasteiger partial charge in [0, 0.05) is 19.1 Å². The van der Waals surface area contributed by atoms with E-state index >= 15 is 0 Å². The van der Waals surface area contributed by atoms with Crippen molar-refractivity contribution >= 4 is 22.9 Å². The van der Waals surface area contributed by atoms with Gasteiger partial charge < -0.3 is 15.2 Å². The van der Waals surface area contributed by atoms with Crippen molar-refractivity contribution in [1.82, 2.24) is 15.3 Å². The molecule has 1 saturated carbocycles. The molecule has 2 fully saturated rings. The third-order valence-electron chi connectivity index (χ3n) is 5.91. The van der Waals surface area contributed by atoms with Gasteiger partial charge in [-0.05, 0) is 43.7 Å². The van der Waals surface area contributed by atoms with Crippen LogP contribution in [0.5, 0.6) is 0 Å². The van der Waals surface area contributed by atoms with Gasteiger partial charge in [0.1, 0.15) is 0 Å². The molecule has 1 aromatic carbocycles. The van der Waals surface area contributed by atoms with E-state index in [0.717, 1.165) is 49.3 Å². The molecule has 1 saturated heterocycles. The van der Waals surface area contributed by atoms with Gasteiger partial charge >= 0.3 is 0 Å². The van der Waals surface area contributed by atoms with Crippen LogP contribution in [0.15, 0.2) is 24.3 Å². The fourth-order valence-corrected chi connectivity index (χ4v) is 4.30. The minimum absolute atomic E-state index is 0.0658. The van der Waals surface area contributed by atoms with Crippen LogP contribution in [0, 0.1) is 11.8 Å². The number of piperidine rings is 1. The first-order chi connectivity index (χ1) is 12.2. The molecule has 2 aliphatic rings. The van der Waals surface area contributed by atoms with Gasteiger partial charge in [-0.3, -0.25) is 4.79 Å². The zero-order chi connectivity index (χ0) is 17.2. The van der Waals surface area contributed by atoms with Crippen LogP contribution >= 0.6 is 0 Å². The van der Waals surface area contributed by atoms with E-state index in [9.17, 15) is 4.79 Å². The Kier molecular flexibility index (Phi) is 4.64. The topological polar surface area (TPSA) is 61.0 Å². The van der Waals surface area contributed by atoms with Crippen LogP contribution in [0.2, 0.25) is 0 Å². The normalized spacial score (nSPS) is 27.4. The van der Waals surface area contributed by atoms with Crippen molar-refractivity contribution in [2.24, 2.45) is 11.8 Å². The highest BCUT2D eigenvalue weighted by molar-refractivity contribution is 5.80. The van der Waals surface area contributed by atoms with Gasteiger partial charge in [0.15, 0.2) is 0 Å². The van der Waals surface area contributed by atoms with Crippen molar-refractivity contribution < 1.29 is 4.79 Å². The molecule has 0 bridgehead atoms. The molecule has 5 heteroatoms. The number of nitrogens with zero attached hydrogens (tertiary/aromatic N) is 2. The first-order valence-corrected chi connectivity index (χ1v) is 9.71. The molecule has 2 heterocycles. The molecule has 1 aliphatic carbocycles. The lowest BCUT2D eigenvalue weighted by Crippen LogP contribution is -2.48. The molecule has 25 heavy (non-hydrogen) atoms. The number of benzene rings is 1. The Labute approximate surface area is 149 Å². The van der Waals surface area contributed by atoms with Crippen LogP contribution in [0.1, 0.15) is 45.4 Å². The Bertz CT molecular complexity index is 707. The van der Waals surface area contributed by atoms with Crippen molar-refractivity contribution in [3.05, 3.63) is 24.3 Å². The average Bonchev–Trinajstić information content (AvgIpc) is 3.08. The molecule has 1 aliphatic heterocycles. The highest BCUT2D eigenvalue weighted by Gasteiger charge is 2.30. The van der Waals surface area contributed by atoms with Crippen LogP contribution in [-0.4, -0.2) is 35.0 Å². The molecule has 1 amide bonds. The predicted molar refractivity (Wildman–Crippen MR) is 101 cm³/mol. The average molecular weight is 340 g/mol. The number of amides is 1. The largest absolute Gasteiger partial charge is 0.353 e. The van der Waals surface area contributed by atoms with E-state index in [4.69, 9.17) is 4.98 Å². The third-order valence-corrected chi connectivity index (χ3v) is 5.91. The molecule has 0 spiro atoms. The second-order valence-electron chi connectivity index (χ2n) is 7.74. The van der Waals surface area contributed by atoms with Crippen molar-refractivity contribution in [2.45, 2.75) is 51.5 Å². The second kappa shape index (κ2) is 7.06. The number of aromatic nitrogens is 2. The Morgan fingerprint density at radius 3 is 2.88 bits per heavy atom. The number of carbonyl (C=O) groups excluding carboxylic acids is 1. The van der Waals surface area contributed by atoms with Crippen molar-refractivity contribution in [3.63, 3.8) is 0 Å². The van der Waals surface area contributed by atoms with E-state index in [1.165, 1.54) is 19.3 Å². The minimum atomic E-state index is 0.0658. The molecule has 3 atom stereocenters. The highest BCUT2D eigenvalue weighted by Crippen LogP contribution is 2.26. The van der Waals surface area contributed by atoms with Gasteiger partial charge in [-0.1, -0.05) is 31.9 Å². The third kappa shape index (κ3) is 3.51. The second-order valence-corrected chi connectivity index (χ2v) is 7.74. The summed E-state index contributed by atoms with van der Waals surface area (Å²) in [6.45, 7) is 3.99. The lowest BCUT2D eigenvalue weighted by molar-refractivity contribution is -0.126. The summed E-state index contributed by atoms with van der Waals surface area (Å²) in [5.41, 5.74) is 2.04. The molecule has 2 N–H and O–H groups in total. The molecule has 4 rings (SSSR count). The number of nitrogens with one attached hydrogen (secondary N) is 2. The lowest BCUT2D eigenvalue weighted by Gasteiger charge is -2.35. The summed E-state index contributed by atoms with van der Waals surface area (Å²) in [5, 5.41) is 3.34. The maximum atomic E-state index is 12.8. The van der Waals surface area contributed by atoms with E-state index in [1.807, 2.05) is 24.3 Å². The number of carbonyl (C=O) groups is 1. The number of anilines is 1. The number of para-hydroxylation sites is 2. The standard InChI is InChI=1S/C20H28N4O/c1-14-7-2-3-9-16(14)21-19(25)15-8-6-12-24(13-15)20-22-17-10-4-5-11-18(17)23-20/h4-5,10-11,14-16H,2-3,6-9,12-13H2,1H3,(H,21,25)(H,22,23)/t14-,15+,16-/m1/s1. The first kappa shape index (κ1) is 16.4. The Hall–Kier alpha value is -2.04. The van der Waals surface area contributed by atoms with Crippen molar-refractivity contribution in [2.75, 3.05) is 18.0 Å². The molecule has 1 aromatic heterocycles. The van der Waals surface area contributed by atoms with Crippen LogP contribution < -0.4 is 10.2 Å².